The molecule has 26 heavy (non-hydrogen) atoms. The number of phenolic OH excluding ortho intramolecular Hbond substituents is 1. The van der Waals surface area contributed by atoms with E-state index in [4.69, 9.17) is 9.47 Å². The number of phenols is 1. The summed E-state index contributed by atoms with van der Waals surface area (Å²) in [5.41, 5.74) is -1.23. The van der Waals surface area contributed by atoms with Gasteiger partial charge < -0.3 is 24.6 Å². The highest BCUT2D eigenvalue weighted by Gasteiger charge is 2.54. The van der Waals surface area contributed by atoms with Crippen LogP contribution in [0.15, 0.2) is 30.5 Å². The van der Waals surface area contributed by atoms with E-state index in [-0.39, 0.29) is 23.8 Å². The SMILES string of the molecule is CCCCCN1C(=O)C(O)(c2cc3c(cc2O)OCO3)c2ncccc21. The second-order valence-electron chi connectivity index (χ2n) is 6.47. The van der Waals surface area contributed by atoms with Gasteiger partial charge in [0, 0.05) is 24.4 Å². The van der Waals surface area contributed by atoms with Crippen LogP contribution in [0.1, 0.15) is 37.4 Å². The summed E-state index contributed by atoms with van der Waals surface area (Å²) < 4.78 is 10.6. The first kappa shape index (κ1) is 16.7. The van der Waals surface area contributed by atoms with Crippen LogP contribution in [0.2, 0.25) is 0 Å². The molecule has 2 aliphatic rings. The Balaban J connectivity index is 1.82. The second kappa shape index (κ2) is 6.17. The number of hydrogen-bond acceptors (Lipinski definition) is 6. The molecular formula is C19H20N2O5. The molecule has 1 atom stereocenters. The molecule has 0 saturated heterocycles. The van der Waals surface area contributed by atoms with E-state index in [9.17, 15) is 15.0 Å². The fourth-order valence-corrected chi connectivity index (χ4v) is 3.51. The molecule has 7 nitrogen and oxygen atoms in total. The monoisotopic (exact) mass is 356 g/mol. The van der Waals surface area contributed by atoms with Crippen LogP contribution in [-0.2, 0) is 10.4 Å². The Labute approximate surface area is 150 Å². The molecule has 2 aromatic rings. The van der Waals surface area contributed by atoms with E-state index in [2.05, 4.69) is 11.9 Å². The molecule has 1 aromatic carbocycles. The summed E-state index contributed by atoms with van der Waals surface area (Å²) in [6.45, 7) is 2.60. The van der Waals surface area contributed by atoms with Crippen LogP contribution < -0.4 is 14.4 Å². The maximum absolute atomic E-state index is 13.2. The Morgan fingerprint density at radius 3 is 2.81 bits per heavy atom. The van der Waals surface area contributed by atoms with E-state index in [1.165, 1.54) is 18.3 Å². The van der Waals surface area contributed by atoms with Crippen LogP contribution in [-0.4, -0.2) is 34.4 Å². The zero-order valence-electron chi connectivity index (χ0n) is 14.4. The van der Waals surface area contributed by atoms with Gasteiger partial charge in [-0.3, -0.25) is 9.78 Å². The van der Waals surface area contributed by atoms with Crippen LogP contribution in [0.5, 0.6) is 17.2 Å². The molecular weight excluding hydrogens is 336 g/mol. The highest BCUT2D eigenvalue weighted by Crippen LogP contribution is 2.49. The largest absolute Gasteiger partial charge is 0.507 e. The third-order valence-corrected chi connectivity index (χ3v) is 4.84. The summed E-state index contributed by atoms with van der Waals surface area (Å²) in [7, 11) is 0. The first-order chi connectivity index (χ1) is 12.6. The number of rotatable bonds is 5. The molecule has 0 aliphatic carbocycles. The molecule has 0 radical (unpaired) electrons. The van der Waals surface area contributed by atoms with Crippen molar-refractivity contribution in [1.29, 1.82) is 0 Å². The Morgan fingerprint density at radius 1 is 1.27 bits per heavy atom. The topological polar surface area (TPSA) is 92.1 Å². The highest BCUT2D eigenvalue weighted by molar-refractivity contribution is 6.08. The van der Waals surface area contributed by atoms with Crippen molar-refractivity contribution < 1.29 is 24.5 Å². The number of unbranched alkanes of at least 4 members (excludes halogenated alkanes) is 2. The van der Waals surface area contributed by atoms with Gasteiger partial charge >= 0.3 is 0 Å². The second-order valence-corrected chi connectivity index (χ2v) is 6.47. The zero-order valence-corrected chi connectivity index (χ0v) is 14.4. The lowest BCUT2D eigenvalue weighted by atomic mass is 9.89. The van der Waals surface area contributed by atoms with Crippen molar-refractivity contribution in [2.45, 2.75) is 31.8 Å². The molecule has 1 amide bonds. The number of hydrogen-bond donors (Lipinski definition) is 2. The van der Waals surface area contributed by atoms with Crippen molar-refractivity contribution in [3.8, 4) is 17.2 Å². The van der Waals surface area contributed by atoms with Gasteiger partial charge in [0.05, 0.1) is 5.69 Å². The average Bonchev–Trinajstić information content (AvgIpc) is 3.18. The normalized spacial score (nSPS) is 20.5. The smallest absolute Gasteiger partial charge is 0.270 e. The number of aromatic hydroxyl groups is 1. The van der Waals surface area contributed by atoms with Gasteiger partial charge in [0.1, 0.15) is 11.4 Å². The van der Waals surface area contributed by atoms with Gasteiger partial charge in [0.2, 0.25) is 12.4 Å². The van der Waals surface area contributed by atoms with Gasteiger partial charge in [0.15, 0.2) is 11.5 Å². The number of anilines is 1. The summed E-state index contributed by atoms with van der Waals surface area (Å²) in [5.74, 6) is -0.00383. The predicted molar refractivity (Wildman–Crippen MR) is 93.3 cm³/mol. The Kier molecular flexibility index (Phi) is 3.96. The molecule has 4 rings (SSSR count). The molecule has 0 spiro atoms. The van der Waals surface area contributed by atoms with E-state index >= 15 is 0 Å². The van der Waals surface area contributed by atoms with Gasteiger partial charge in [-0.2, -0.15) is 0 Å². The summed E-state index contributed by atoms with van der Waals surface area (Å²) in [5, 5.41) is 21.9. The molecule has 0 saturated carbocycles. The van der Waals surface area contributed by atoms with Gasteiger partial charge in [-0.25, -0.2) is 0 Å². The number of ether oxygens (including phenoxy) is 2. The predicted octanol–water partition coefficient (Wildman–Crippen LogP) is 2.29. The van der Waals surface area contributed by atoms with Crippen molar-refractivity contribution in [3.63, 3.8) is 0 Å². The van der Waals surface area contributed by atoms with E-state index in [0.717, 1.165) is 19.3 Å². The van der Waals surface area contributed by atoms with Crippen LogP contribution in [0.25, 0.3) is 0 Å². The van der Waals surface area contributed by atoms with Crippen LogP contribution in [0.4, 0.5) is 5.69 Å². The molecule has 1 aromatic heterocycles. The fourth-order valence-electron chi connectivity index (χ4n) is 3.51. The first-order valence-corrected chi connectivity index (χ1v) is 8.70. The lowest BCUT2D eigenvalue weighted by Crippen LogP contribution is -2.41. The van der Waals surface area contributed by atoms with Crippen LogP contribution in [0, 0.1) is 0 Å². The molecule has 0 fully saturated rings. The summed E-state index contributed by atoms with van der Waals surface area (Å²) >= 11 is 0. The molecule has 3 heterocycles. The van der Waals surface area contributed by atoms with Crippen molar-refractivity contribution in [2.24, 2.45) is 0 Å². The Bertz CT molecular complexity index is 869. The summed E-state index contributed by atoms with van der Waals surface area (Å²) in [6, 6.07) is 6.28. The zero-order chi connectivity index (χ0) is 18.3. The maximum atomic E-state index is 13.2. The van der Waals surface area contributed by atoms with Gasteiger partial charge in [-0.05, 0) is 24.6 Å². The molecule has 136 valence electrons. The third kappa shape index (κ3) is 2.31. The molecule has 2 N–H and O–H groups in total. The minimum Gasteiger partial charge on any atom is -0.507 e. The summed E-state index contributed by atoms with van der Waals surface area (Å²) in [6.07, 6.45) is 4.35. The number of amides is 1. The fraction of sp³-hybridized carbons (Fsp3) is 0.368. The number of fused-ring (bicyclic) bond motifs is 2. The number of benzene rings is 1. The number of aliphatic hydroxyl groups is 1. The molecule has 2 aliphatic heterocycles. The molecule has 1 unspecified atom stereocenters. The van der Waals surface area contributed by atoms with Crippen LogP contribution >= 0.6 is 0 Å². The van der Waals surface area contributed by atoms with Crippen molar-refractivity contribution in [2.75, 3.05) is 18.2 Å². The lowest BCUT2D eigenvalue weighted by molar-refractivity contribution is -0.132. The van der Waals surface area contributed by atoms with Gasteiger partial charge in [-0.15, -0.1) is 0 Å². The van der Waals surface area contributed by atoms with Crippen molar-refractivity contribution >= 4 is 11.6 Å². The van der Waals surface area contributed by atoms with Crippen LogP contribution in [0.3, 0.4) is 0 Å². The number of carbonyl (C=O) groups is 1. The standard InChI is InChI=1S/C19H20N2O5/c1-2-3-4-8-21-13-6-5-7-20-17(13)19(24,18(21)23)12-9-15-16(10-14(12)22)26-11-25-15/h5-7,9-10,22,24H,2-4,8,11H2,1H3. The van der Waals surface area contributed by atoms with E-state index in [1.54, 1.807) is 17.0 Å². The van der Waals surface area contributed by atoms with E-state index in [1.807, 2.05) is 0 Å². The van der Waals surface area contributed by atoms with Crippen molar-refractivity contribution in [1.82, 2.24) is 4.98 Å². The van der Waals surface area contributed by atoms with E-state index in [0.29, 0.717) is 23.7 Å². The van der Waals surface area contributed by atoms with Crippen molar-refractivity contribution in [3.05, 3.63) is 41.7 Å². The molecule has 0 bridgehead atoms. The van der Waals surface area contributed by atoms with Gasteiger partial charge in [-0.1, -0.05) is 19.8 Å². The number of aromatic nitrogens is 1. The number of nitrogens with zero attached hydrogens (tertiary/aromatic N) is 2. The summed E-state index contributed by atoms with van der Waals surface area (Å²) in [4.78, 5) is 19.0. The Hall–Kier alpha value is -2.80. The Morgan fingerprint density at radius 2 is 2.04 bits per heavy atom. The van der Waals surface area contributed by atoms with E-state index < -0.39 is 11.5 Å². The molecule has 7 heteroatoms. The quantitative estimate of drug-likeness (QED) is 0.799. The average molecular weight is 356 g/mol. The van der Waals surface area contributed by atoms with Gasteiger partial charge in [0.25, 0.3) is 5.91 Å². The number of carbonyl (C=O) groups excluding carboxylic acids is 1. The minimum absolute atomic E-state index is 0.0303. The highest BCUT2D eigenvalue weighted by atomic mass is 16.7. The minimum atomic E-state index is -2.06. The number of pyridine rings is 1. The maximum Gasteiger partial charge on any atom is 0.270 e. The third-order valence-electron chi connectivity index (χ3n) is 4.84. The lowest BCUT2D eigenvalue weighted by Gasteiger charge is -2.24. The first-order valence-electron chi connectivity index (χ1n) is 8.70.